The van der Waals surface area contributed by atoms with Crippen LogP contribution in [0.15, 0.2) is 0 Å². The number of methoxy groups -OCH3 is 2. The third kappa shape index (κ3) is 3.66. The zero-order valence-corrected chi connectivity index (χ0v) is 16.0. The van der Waals surface area contributed by atoms with Crippen molar-refractivity contribution >= 4 is 17.8 Å². The molecule has 0 aromatic heterocycles. The number of nitrogens with one attached hydrogen (secondary N) is 1. The molecule has 0 radical (unpaired) electrons. The van der Waals surface area contributed by atoms with Crippen molar-refractivity contribution in [3.8, 4) is 0 Å². The number of ether oxygens (including phenoxy) is 2. The number of esters is 2. The first kappa shape index (κ1) is 19.7. The molecule has 0 aromatic rings. The average Bonchev–Trinajstić information content (AvgIpc) is 3.08. The van der Waals surface area contributed by atoms with E-state index in [1.807, 2.05) is 27.7 Å². The van der Waals surface area contributed by atoms with Crippen molar-refractivity contribution in [2.24, 2.45) is 11.8 Å². The molecule has 0 aliphatic carbocycles. The van der Waals surface area contributed by atoms with Crippen molar-refractivity contribution in [2.75, 3.05) is 14.2 Å². The van der Waals surface area contributed by atoms with Crippen LogP contribution >= 0.6 is 0 Å². The number of hydrogen-bond acceptors (Lipinski definition) is 6. The van der Waals surface area contributed by atoms with E-state index in [-0.39, 0.29) is 29.6 Å². The Hall–Kier alpha value is -1.63. The van der Waals surface area contributed by atoms with E-state index in [1.54, 1.807) is 0 Å². The lowest BCUT2D eigenvalue weighted by Gasteiger charge is -2.33. The first-order valence-electron chi connectivity index (χ1n) is 8.91. The lowest BCUT2D eigenvalue weighted by atomic mass is 9.79. The van der Waals surface area contributed by atoms with Gasteiger partial charge < -0.3 is 14.8 Å². The minimum atomic E-state index is -0.576. The van der Waals surface area contributed by atoms with E-state index in [9.17, 15) is 14.4 Å². The number of fused-ring (bicyclic) bond motifs is 2. The summed E-state index contributed by atoms with van der Waals surface area (Å²) in [6.07, 6.45) is 2.16. The van der Waals surface area contributed by atoms with Gasteiger partial charge >= 0.3 is 11.9 Å². The highest BCUT2D eigenvalue weighted by Gasteiger charge is 2.61. The van der Waals surface area contributed by atoms with Crippen LogP contribution in [0.4, 0.5) is 0 Å². The number of nitrogens with zero attached hydrogens (tertiary/aromatic N) is 1. The maximum atomic E-state index is 12.8. The summed E-state index contributed by atoms with van der Waals surface area (Å²) in [5.74, 6) is -2.03. The highest BCUT2D eigenvalue weighted by Crippen LogP contribution is 2.48. The Morgan fingerprint density at radius 2 is 1.48 bits per heavy atom. The second-order valence-electron chi connectivity index (χ2n) is 7.92. The molecule has 2 aliphatic rings. The Labute approximate surface area is 149 Å². The van der Waals surface area contributed by atoms with Gasteiger partial charge in [0.1, 0.15) is 0 Å². The molecule has 2 bridgehead atoms. The zero-order valence-electron chi connectivity index (χ0n) is 16.0. The lowest BCUT2D eigenvalue weighted by molar-refractivity contribution is -0.157. The molecule has 0 spiro atoms. The van der Waals surface area contributed by atoms with Gasteiger partial charge in [-0.25, -0.2) is 0 Å². The summed E-state index contributed by atoms with van der Waals surface area (Å²) >= 11 is 0. The molecule has 7 nitrogen and oxygen atoms in total. The Morgan fingerprint density at radius 1 is 1.04 bits per heavy atom. The molecule has 5 atom stereocenters. The van der Waals surface area contributed by atoms with E-state index in [4.69, 9.17) is 9.47 Å². The van der Waals surface area contributed by atoms with Crippen LogP contribution in [0, 0.1) is 11.8 Å². The van der Waals surface area contributed by atoms with Crippen molar-refractivity contribution in [3.05, 3.63) is 0 Å². The maximum absolute atomic E-state index is 12.8. The van der Waals surface area contributed by atoms with Crippen LogP contribution in [-0.2, 0) is 23.9 Å². The first-order valence-corrected chi connectivity index (χ1v) is 8.91. The number of carbonyl (C=O) groups is 3. The quantitative estimate of drug-likeness (QED) is 0.745. The first-order chi connectivity index (χ1) is 11.7. The summed E-state index contributed by atoms with van der Waals surface area (Å²) in [6, 6.07) is -0.715. The van der Waals surface area contributed by atoms with Gasteiger partial charge in [0, 0.05) is 17.6 Å². The van der Waals surface area contributed by atoms with Crippen molar-refractivity contribution in [3.63, 3.8) is 0 Å². The van der Waals surface area contributed by atoms with Crippen LogP contribution in [0.25, 0.3) is 0 Å². The average molecular weight is 354 g/mol. The van der Waals surface area contributed by atoms with Crippen molar-refractivity contribution in [1.29, 1.82) is 0 Å². The summed E-state index contributed by atoms with van der Waals surface area (Å²) < 4.78 is 9.88. The fourth-order valence-electron chi connectivity index (χ4n) is 4.42. The van der Waals surface area contributed by atoms with Gasteiger partial charge in [-0.05, 0) is 40.0 Å². The topological polar surface area (TPSA) is 84.9 Å². The van der Waals surface area contributed by atoms with Gasteiger partial charge in [0.2, 0.25) is 5.91 Å². The maximum Gasteiger partial charge on any atom is 0.311 e. The third-order valence-electron chi connectivity index (χ3n) is 5.23. The molecule has 2 fully saturated rings. The second kappa shape index (κ2) is 7.32. The van der Waals surface area contributed by atoms with Crippen LogP contribution in [-0.4, -0.2) is 60.6 Å². The molecule has 2 aliphatic heterocycles. The monoisotopic (exact) mass is 354 g/mol. The normalized spacial score (nSPS) is 30.0. The summed E-state index contributed by atoms with van der Waals surface area (Å²) in [5, 5.41) is 3.02. The van der Waals surface area contributed by atoms with Gasteiger partial charge in [-0.15, -0.1) is 0 Å². The molecule has 25 heavy (non-hydrogen) atoms. The Bertz CT molecular complexity index is 512. The van der Waals surface area contributed by atoms with Gasteiger partial charge in [0.05, 0.1) is 32.1 Å². The summed E-state index contributed by atoms with van der Waals surface area (Å²) in [4.78, 5) is 39.5. The van der Waals surface area contributed by atoms with E-state index in [2.05, 4.69) is 10.2 Å². The van der Waals surface area contributed by atoms with Crippen molar-refractivity contribution in [2.45, 2.75) is 70.6 Å². The van der Waals surface area contributed by atoms with E-state index in [0.717, 1.165) is 12.8 Å². The molecule has 1 amide bonds. The second-order valence-corrected chi connectivity index (χ2v) is 7.92. The summed E-state index contributed by atoms with van der Waals surface area (Å²) in [7, 11) is 2.66. The van der Waals surface area contributed by atoms with E-state index >= 15 is 0 Å². The molecule has 7 heteroatoms. The fraction of sp³-hybridized carbons (Fsp3) is 0.833. The molecule has 2 saturated heterocycles. The van der Waals surface area contributed by atoms with E-state index < -0.39 is 23.8 Å². The highest BCUT2D eigenvalue weighted by atomic mass is 16.5. The molecule has 0 saturated carbocycles. The Morgan fingerprint density at radius 3 is 1.80 bits per heavy atom. The van der Waals surface area contributed by atoms with Crippen LogP contribution in [0.1, 0.15) is 47.0 Å². The minimum absolute atomic E-state index is 0.0685. The zero-order chi connectivity index (χ0) is 18.9. The van der Waals surface area contributed by atoms with Gasteiger partial charge in [-0.3, -0.25) is 19.3 Å². The molecular formula is C18H30N2O5. The number of hydrogen-bond donors (Lipinski definition) is 1. The standard InChI is InChI=1S/C18H30N2O5/c1-7-10(15(21)19-18(2,3)4)20-11-8-9-12(20)14(17(23)25-6)13(11)16(22)24-5/h10-14H,7-9H2,1-6H3,(H,19,21)/t10?,11-,12+,13-,14-/m1/s1. The van der Waals surface area contributed by atoms with Crippen LogP contribution in [0.2, 0.25) is 0 Å². The highest BCUT2D eigenvalue weighted by molar-refractivity contribution is 5.86. The number of amides is 1. The van der Waals surface area contributed by atoms with Crippen molar-refractivity contribution < 1.29 is 23.9 Å². The van der Waals surface area contributed by atoms with Crippen LogP contribution in [0.3, 0.4) is 0 Å². The Balaban J connectivity index is 2.33. The van der Waals surface area contributed by atoms with Crippen molar-refractivity contribution in [1.82, 2.24) is 10.2 Å². The third-order valence-corrected chi connectivity index (χ3v) is 5.23. The molecule has 0 aromatic carbocycles. The largest absolute Gasteiger partial charge is 0.469 e. The number of rotatable bonds is 5. The predicted molar refractivity (Wildman–Crippen MR) is 91.6 cm³/mol. The smallest absolute Gasteiger partial charge is 0.311 e. The fourth-order valence-corrected chi connectivity index (χ4v) is 4.42. The lowest BCUT2D eigenvalue weighted by Crippen LogP contribution is -2.54. The molecular weight excluding hydrogens is 324 g/mol. The van der Waals surface area contributed by atoms with E-state index in [0.29, 0.717) is 6.42 Å². The minimum Gasteiger partial charge on any atom is -0.469 e. The van der Waals surface area contributed by atoms with E-state index in [1.165, 1.54) is 14.2 Å². The van der Waals surface area contributed by atoms with Gasteiger partial charge in [-0.2, -0.15) is 0 Å². The van der Waals surface area contributed by atoms with Crippen LogP contribution < -0.4 is 5.32 Å². The summed E-state index contributed by atoms with van der Waals surface area (Å²) in [5.41, 5.74) is -0.340. The Kier molecular flexibility index (Phi) is 5.76. The predicted octanol–water partition coefficient (Wildman–Crippen LogP) is 1.10. The molecule has 1 unspecified atom stereocenters. The molecule has 142 valence electrons. The molecule has 2 rings (SSSR count). The molecule has 1 N–H and O–H groups in total. The number of carbonyl (C=O) groups excluding carboxylic acids is 3. The van der Waals surface area contributed by atoms with Gasteiger partial charge in [-0.1, -0.05) is 6.92 Å². The van der Waals surface area contributed by atoms with Gasteiger partial charge in [0.25, 0.3) is 0 Å². The summed E-state index contributed by atoms with van der Waals surface area (Å²) in [6.45, 7) is 7.76. The van der Waals surface area contributed by atoms with Gasteiger partial charge in [0.15, 0.2) is 0 Å². The molecule has 2 heterocycles. The van der Waals surface area contributed by atoms with Crippen LogP contribution in [0.5, 0.6) is 0 Å². The SMILES string of the molecule is CCC(C(=O)NC(C)(C)C)N1[C@@H]2CC[C@H]1[C@@H](C(=O)OC)[C@@H]2C(=O)OC.